The van der Waals surface area contributed by atoms with Crippen LogP contribution in [0.5, 0.6) is 0 Å². The van der Waals surface area contributed by atoms with Gasteiger partial charge >= 0.3 is 5.82 Å². The van der Waals surface area contributed by atoms with E-state index in [0.29, 0.717) is 12.2 Å². The standard InChI is InChI=1S/C9H12N4O3/c1-2-10-9(14)6-11-7-3-4-8(12-5-7)13(15)16/h3-5,11H,2,6H2,1H3,(H,10,14). The van der Waals surface area contributed by atoms with Crippen LogP contribution in [0.25, 0.3) is 0 Å². The molecule has 86 valence electrons. The lowest BCUT2D eigenvalue weighted by molar-refractivity contribution is -0.389. The minimum atomic E-state index is -0.576. The molecule has 0 fully saturated rings. The van der Waals surface area contributed by atoms with Crippen molar-refractivity contribution in [3.8, 4) is 0 Å². The van der Waals surface area contributed by atoms with Gasteiger partial charge in [-0.05, 0) is 22.9 Å². The van der Waals surface area contributed by atoms with Crippen LogP contribution in [0.4, 0.5) is 11.5 Å². The molecule has 1 rings (SSSR count). The molecule has 0 spiro atoms. The molecule has 1 aromatic heterocycles. The lowest BCUT2D eigenvalue weighted by atomic mass is 10.4. The number of amides is 1. The Bertz CT molecular complexity index is 377. The smallest absolute Gasteiger partial charge is 0.363 e. The highest BCUT2D eigenvalue weighted by atomic mass is 16.6. The molecule has 7 nitrogen and oxygen atoms in total. The maximum Gasteiger partial charge on any atom is 0.363 e. The number of likely N-dealkylation sites (N-methyl/N-ethyl adjacent to an activating group) is 1. The Kier molecular flexibility index (Phi) is 4.19. The van der Waals surface area contributed by atoms with Crippen molar-refractivity contribution in [3.05, 3.63) is 28.4 Å². The van der Waals surface area contributed by atoms with Crippen LogP contribution in [0, 0.1) is 10.1 Å². The fraction of sp³-hybridized carbons (Fsp3) is 0.333. The van der Waals surface area contributed by atoms with Gasteiger partial charge in [0.15, 0.2) is 6.20 Å². The van der Waals surface area contributed by atoms with Gasteiger partial charge in [0.05, 0.1) is 12.2 Å². The second kappa shape index (κ2) is 5.64. The third-order valence-electron chi connectivity index (χ3n) is 1.76. The summed E-state index contributed by atoms with van der Waals surface area (Å²) >= 11 is 0. The van der Waals surface area contributed by atoms with Crippen LogP contribution >= 0.6 is 0 Å². The summed E-state index contributed by atoms with van der Waals surface area (Å²) in [5.74, 6) is -0.357. The number of nitrogens with one attached hydrogen (secondary N) is 2. The first kappa shape index (κ1) is 11.9. The molecular weight excluding hydrogens is 212 g/mol. The number of nitrogens with zero attached hydrogens (tertiary/aromatic N) is 2. The topological polar surface area (TPSA) is 97.2 Å². The highest BCUT2D eigenvalue weighted by molar-refractivity contribution is 5.80. The van der Waals surface area contributed by atoms with Crippen molar-refractivity contribution in [2.45, 2.75) is 6.92 Å². The summed E-state index contributed by atoms with van der Waals surface area (Å²) < 4.78 is 0. The van der Waals surface area contributed by atoms with Crippen molar-refractivity contribution in [2.75, 3.05) is 18.4 Å². The zero-order valence-electron chi connectivity index (χ0n) is 8.77. The Morgan fingerprint density at radius 1 is 1.56 bits per heavy atom. The second-order valence-corrected chi connectivity index (χ2v) is 2.97. The quantitative estimate of drug-likeness (QED) is 0.562. The lowest BCUT2D eigenvalue weighted by Gasteiger charge is -2.04. The van der Waals surface area contributed by atoms with Crippen LogP contribution in [-0.4, -0.2) is 28.9 Å². The van der Waals surface area contributed by atoms with E-state index < -0.39 is 4.92 Å². The Balaban J connectivity index is 2.49. The molecule has 0 aliphatic heterocycles. The van der Waals surface area contributed by atoms with Gasteiger partial charge in [-0.15, -0.1) is 0 Å². The summed E-state index contributed by atoms with van der Waals surface area (Å²) in [5.41, 5.74) is 0.567. The van der Waals surface area contributed by atoms with Crippen LogP contribution in [0.1, 0.15) is 6.92 Å². The molecular formula is C9H12N4O3. The van der Waals surface area contributed by atoms with E-state index in [9.17, 15) is 14.9 Å². The van der Waals surface area contributed by atoms with Crippen LogP contribution in [0.15, 0.2) is 18.3 Å². The van der Waals surface area contributed by atoms with E-state index in [1.165, 1.54) is 18.3 Å². The van der Waals surface area contributed by atoms with Crippen molar-refractivity contribution in [3.63, 3.8) is 0 Å². The van der Waals surface area contributed by atoms with Gasteiger partial charge in [-0.1, -0.05) is 0 Å². The second-order valence-electron chi connectivity index (χ2n) is 2.97. The minimum Gasteiger partial charge on any atom is -0.373 e. The SMILES string of the molecule is CCNC(=O)CNc1ccc([N+](=O)[O-])nc1. The molecule has 1 amide bonds. The number of rotatable bonds is 5. The normalized spacial score (nSPS) is 9.56. The van der Waals surface area contributed by atoms with E-state index in [1.54, 1.807) is 0 Å². The summed E-state index contributed by atoms with van der Waals surface area (Å²) in [6.45, 7) is 2.51. The molecule has 0 aliphatic rings. The number of hydrogen-bond donors (Lipinski definition) is 2. The third-order valence-corrected chi connectivity index (χ3v) is 1.76. The van der Waals surface area contributed by atoms with E-state index >= 15 is 0 Å². The summed E-state index contributed by atoms with van der Waals surface area (Å²) in [5, 5.41) is 15.7. The van der Waals surface area contributed by atoms with Gasteiger partial charge in [-0.2, -0.15) is 0 Å². The fourth-order valence-corrected chi connectivity index (χ4v) is 1.04. The zero-order valence-corrected chi connectivity index (χ0v) is 8.77. The number of carbonyl (C=O) groups is 1. The van der Waals surface area contributed by atoms with Gasteiger partial charge in [0.2, 0.25) is 5.91 Å². The summed E-state index contributed by atoms with van der Waals surface area (Å²) in [6.07, 6.45) is 1.32. The molecule has 1 aromatic rings. The molecule has 0 aliphatic carbocycles. The van der Waals surface area contributed by atoms with Gasteiger partial charge in [0, 0.05) is 12.6 Å². The predicted molar refractivity (Wildman–Crippen MR) is 58.1 cm³/mol. The first-order chi connectivity index (χ1) is 7.63. The average molecular weight is 224 g/mol. The highest BCUT2D eigenvalue weighted by Crippen LogP contribution is 2.10. The van der Waals surface area contributed by atoms with E-state index in [2.05, 4.69) is 15.6 Å². The summed E-state index contributed by atoms with van der Waals surface area (Å²) in [7, 11) is 0. The molecule has 0 unspecified atom stereocenters. The maximum absolute atomic E-state index is 11.1. The number of nitro groups is 1. The van der Waals surface area contributed by atoms with Gasteiger partial charge in [0.25, 0.3) is 0 Å². The fourth-order valence-electron chi connectivity index (χ4n) is 1.04. The minimum absolute atomic E-state index is 0.118. The maximum atomic E-state index is 11.1. The number of hydrogen-bond acceptors (Lipinski definition) is 5. The Morgan fingerprint density at radius 3 is 2.81 bits per heavy atom. The number of carbonyl (C=O) groups excluding carboxylic acids is 1. The third kappa shape index (κ3) is 3.52. The van der Waals surface area contributed by atoms with Gasteiger partial charge in [0.1, 0.15) is 0 Å². The highest BCUT2D eigenvalue weighted by Gasteiger charge is 2.06. The Morgan fingerprint density at radius 2 is 2.31 bits per heavy atom. The monoisotopic (exact) mass is 224 g/mol. The van der Waals surface area contributed by atoms with Crippen molar-refractivity contribution in [2.24, 2.45) is 0 Å². The van der Waals surface area contributed by atoms with Gasteiger partial charge in [-0.3, -0.25) is 4.79 Å². The predicted octanol–water partition coefficient (Wildman–Crippen LogP) is 0.538. The largest absolute Gasteiger partial charge is 0.373 e. The van der Waals surface area contributed by atoms with E-state index in [0.717, 1.165) is 0 Å². The molecule has 2 N–H and O–H groups in total. The van der Waals surface area contributed by atoms with E-state index in [1.807, 2.05) is 6.92 Å². The molecule has 0 aromatic carbocycles. The van der Waals surface area contributed by atoms with Crippen LogP contribution in [0.3, 0.4) is 0 Å². The van der Waals surface area contributed by atoms with Crippen LogP contribution in [-0.2, 0) is 4.79 Å². The van der Waals surface area contributed by atoms with Crippen molar-refractivity contribution >= 4 is 17.4 Å². The molecule has 0 atom stereocenters. The summed E-state index contributed by atoms with van der Waals surface area (Å²) in [6, 6.07) is 2.78. The number of pyridine rings is 1. The zero-order chi connectivity index (χ0) is 12.0. The lowest BCUT2D eigenvalue weighted by Crippen LogP contribution is -2.29. The number of anilines is 1. The molecule has 7 heteroatoms. The molecule has 0 saturated carbocycles. The Labute approximate surface area is 92.0 Å². The van der Waals surface area contributed by atoms with Crippen LogP contribution in [0.2, 0.25) is 0 Å². The molecule has 0 bridgehead atoms. The van der Waals surface area contributed by atoms with Gasteiger partial charge < -0.3 is 20.7 Å². The average Bonchev–Trinajstić information content (AvgIpc) is 2.27. The van der Waals surface area contributed by atoms with E-state index in [-0.39, 0.29) is 18.3 Å². The molecule has 0 radical (unpaired) electrons. The molecule has 0 saturated heterocycles. The first-order valence-electron chi connectivity index (χ1n) is 4.74. The van der Waals surface area contributed by atoms with E-state index in [4.69, 9.17) is 0 Å². The first-order valence-corrected chi connectivity index (χ1v) is 4.74. The number of aromatic nitrogens is 1. The Hall–Kier alpha value is -2.18. The van der Waals surface area contributed by atoms with Crippen molar-refractivity contribution < 1.29 is 9.72 Å². The van der Waals surface area contributed by atoms with Crippen molar-refractivity contribution in [1.82, 2.24) is 10.3 Å². The summed E-state index contributed by atoms with van der Waals surface area (Å²) in [4.78, 5) is 24.4. The van der Waals surface area contributed by atoms with Crippen LogP contribution < -0.4 is 10.6 Å². The van der Waals surface area contributed by atoms with Gasteiger partial charge in [-0.25, -0.2) is 0 Å². The molecule has 1 heterocycles. The molecule has 16 heavy (non-hydrogen) atoms. The van der Waals surface area contributed by atoms with Crippen molar-refractivity contribution in [1.29, 1.82) is 0 Å².